The number of rotatable bonds is 17. The minimum Gasteiger partial charge on any atom is -0.391 e. The van der Waals surface area contributed by atoms with Crippen LogP contribution >= 0.6 is 0 Å². The lowest BCUT2D eigenvalue weighted by Crippen LogP contribution is -2.55. The number of carbonyl (C=O) groups is 4. The average Bonchev–Trinajstić information content (AvgIpc) is 3.53. The molecule has 0 bridgehead atoms. The Bertz CT molecular complexity index is 1690. The number of amides is 4. The normalized spacial score (nSPS) is 17.8. The molecule has 4 amide bonds. The maximum Gasteiger partial charge on any atom is 0.251 e. The highest BCUT2D eigenvalue weighted by molar-refractivity contribution is 7.92. The largest absolute Gasteiger partial charge is 0.391 e. The van der Waals surface area contributed by atoms with Gasteiger partial charge in [0.05, 0.1) is 36.3 Å². The second-order valence-corrected chi connectivity index (χ2v) is 17.3. The van der Waals surface area contributed by atoms with Crippen molar-refractivity contribution < 1.29 is 32.7 Å². The number of benzene rings is 2. The second-order valence-electron chi connectivity index (χ2n) is 15.3. The Labute approximate surface area is 315 Å². The van der Waals surface area contributed by atoms with Gasteiger partial charge in [0.1, 0.15) is 6.04 Å². The number of sulfonamides is 1. The molecule has 1 aliphatic rings. The first kappa shape index (κ1) is 43.4. The monoisotopic (exact) mass is 756 g/mol. The fraction of sp³-hybridized carbons (Fsp3) is 0.590. The highest BCUT2D eigenvalue weighted by Crippen LogP contribution is 2.24. The van der Waals surface area contributed by atoms with Crippen LogP contribution in [0.15, 0.2) is 48.5 Å². The van der Waals surface area contributed by atoms with E-state index >= 15 is 0 Å². The van der Waals surface area contributed by atoms with Crippen molar-refractivity contribution in [2.45, 2.75) is 97.6 Å². The minimum atomic E-state index is -3.75. The Morgan fingerprint density at radius 3 is 1.98 bits per heavy atom. The Morgan fingerprint density at radius 1 is 0.887 bits per heavy atom. The molecule has 0 radical (unpaired) electrons. The quantitative estimate of drug-likeness (QED) is 0.189. The predicted molar refractivity (Wildman–Crippen MR) is 208 cm³/mol. The summed E-state index contributed by atoms with van der Waals surface area (Å²) in [5.74, 6) is -2.49. The maximum absolute atomic E-state index is 13.8. The van der Waals surface area contributed by atoms with Gasteiger partial charge in [0.25, 0.3) is 11.8 Å². The summed E-state index contributed by atoms with van der Waals surface area (Å²) in [5, 5.41) is 20.2. The highest BCUT2D eigenvalue weighted by atomic mass is 32.2. The van der Waals surface area contributed by atoms with Crippen molar-refractivity contribution in [1.29, 1.82) is 0 Å². The van der Waals surface area contributed by atoms with Gasteiger partial charge in [-0.05, 0) is 81.8 Å². The van der Waals surface area contributed by atoms with E-state index in [0.717, 1.165) is 35.5 Å². The molecule has 1 aliphatic heterocycles. The fourth-order valence-corrected chi connectivity index (χ4v) is 7.10. The van der Waals surface area contributed by atoms with Crippen molar-refractivity contribution in [1.82, 2.24) is 25.8 Å². The first-order valence-electron chi connectivity index (χ1n) is 18.4. The molecule has 2 aromatic carbocycles. The van der Waals surface area contributed by atoms with Gasteiger partial charge >= 0.3 is 0 Å². The molecule has 6 atom stereocenters. The van der Waals surface area contributed by atoms with Crippen molar-refractivity contribution in [3.05, 3.63) is 65.2 Å². The maximum atomic E-state index is 13.8. The van der Waals surface area contributed by atoms with Crippen molar-refractivity contribution in [3.8, 4) is 0 Å². The fourth-order valence-electron chi connectivity index (χ4n) is 6.61. The summed E-state index contributed by atoms with van der Waals surface area (Å²) in [7, 11) is 1.33. The van der Waals surface area contributed by atoms with E-state index in [4.69, 9.17) is 0 Å². The zero-order chi connectivity index (χ0) is 39.8. The number of hydrogen-bond acceptors (Lipinski definition) is 8. The topological polar surface area (TPSA) is 168 Å². The molecule has 1 saturated heterocycles. The molecule has 294 valence electrons. The molecule has 4 N–H and O–H groups in total. The van der Waals surface area contributed by atoms with E-state index in [2.05, 4.69) is 20.9 Å². The van der Waals surface area contributed by atoms with Gasteiger partial charge in [-0.3, -0.25) is 28.4 Å². The third-order valence-corrected chi connectivity index (χ3v) is 11.2. The summed E-state index contributed by atoms with van der Waals surface area (Å²) >= 11 is 0. The number of carbonyl (C=O) groups excluding carboxylic acids is 4. The van der Waals surface area contributed by atoms with E-state index in [0.29, 0.717) is 6.42 Å². The first-order chi connectivity index (χ1) is 24.7. The molecule has 53 heavy (non-hydrogen) atoms. The summed E-state index contributed by atoms with van der Waals surface area (Å²) < 4.78 is 26.0. The molecule has 0 aromatic heterocycles. The summed E-state index contributed by atoms with van der Waals surface area (Å²) in [5.41, 5.74) is 1.09. The van der Waals surface area contributed by atoms with Gasteiger partial charge in [-0.25, -0.2) is 8.42 Å². The van der Waals surface area contributed by atoms with Crippen LogP contribution in [-0.4, -0.2) is 105 Å². The lowest BCUT2D eigenvalue weighted by molar-refractivity contribution is -0.141. The van der Waals surface area contributed by atoms with Crippen LogP contribution < -0.4 is 20.3 Å². The van der Waals surface area contributed by atoms with Gasteiger partial charge in [-0.2, -0.15) is 0 Å². The van der Waals surface area contributed by atoms with Crippen molar-refractivity contribution in [2.24, 2.45) is 17.8 Å². The molecule has 0 saturated carbocycles. The molecule has 0 aliphatic carbocycles. The molecular weight excluding hydrogens is 697 g/mol. The number of nitrogens with zero attached hydrogens (tertiary/aromatic N) is 3. The zero-order valence-electron chi connectivity index (χ0n) is 32.9. The minimum absolute atomic E-state index is 0.00555. The predicted octanol–water partition coefficient (Wildman–Crippen LogP) is 3.76. The van der Waals surface area contributed by atoms with Gasteiger partial charge in [-0.1, -0.05) is 65.0 Å². The van der Waals surface area contributed by atoms with Gasteiger partial charge in [0, 0.05) is 31.1 Å². The molecule has 14 heteroatoms. The number of likely N-dealkylation sites (N-methyl/N-ethyl adjacent to an activating group) is 1. The van der Waals surface area contributed by atoms with Crippen LogP contribution in [0.5, 0.6) is 0 Å². The number of aliphatic hydroxyl groups is 1. The Hall–Kier alpha value is -4.01. The lowest BCUT2D eigenvalue weighted by Gasteiger charge is -2.34. The Balaban J connectivity index is 1.80. The van der Waals surface area contributed by atoms with Crippen LogP contribution in [0.1, 0.15) is 99.5 Å². The average molecular weight is 757 g/mol. The summed E-state index contributed by atoms with van der Waals surface area (Å²) in [6.07, 6.45) is 2.09. The molecule has 1 fully saturated rings. The smallest absolute Gasteiger partial charge is 0.251 e. The molecule has 2 aromatic rings. The molecular formula is C39H60N6O7S. The summed E-state index contributed by atoms with van der Waals surface area (Å²) in [6, 6.07) is 11.6. The highest BCUT2D eigenvalue weighted by Gasteiger charge is 2.35. The molecule has 6 unspecified atom stereocenters. The van der Waals surface area contributed by atoms with E-state index in [1.54, 1.807) is 18.9 Å². The SMILES string of the molecule is CC(C)CC(NC(=O)c1cc(C(=O)NC(C)c2ccccc2)cc(N(C)S(C)(=O)=O)c1)C(O)CC(C)C(=O)NC(C(=O)N(C)C1CCCN1C)C(C)C. The molecule has 0 spiro atoms. The van der Waals surface area contributed by atoms with Crippen molar-refractivity contribution >= 4 is 39.3 Å². The lowest BCUT2D eigenvalue weighted by atomic mass is 9.91. The van der Waals surface area contributed by atoms with Gasteiger partial charge in [0.2, 0.25) is 21.8 Å². The van der Waals surface area contributed by atoms with Gasteiger partial charge in [0.15, 0.2) is 0 Å². The Morgan fingerprint density at radius 2 is 1.47 bits per heavy atom. The number of anilines is 1. The van der Waals surface area contributed by atoms with E-state index in [-0.39, 0.29) is 59.1 Å². The van der Waals surface area contributed by atoms with Crippen molar-refractivity contribution in [3.63, 3.8) is 0 Å². The van der Waals surface area contributed by atoms with Crippen LogP contribution in [0.4, 0.5) is 5.69 Å². The standard InChI is InChI=1S/C39H60N6O7S/c1-24(2)19-32(33(46)20-26(5)36(47)42-35(25(3)4)39(50)44(8)34-17-14-18-43(34)7)41-38(49)30-21-29(22-31(23-30)45(9)53(10,51)52)37(48)40-27(6)28-15-12-11-13-16-28/h11-13,15-16,21-27,32-35,46H,14,17-20H2,1-10H3,(H,40,48)(H,41,49)(H,42,47). The number of aliphatic hydroxyl groups excluding tert-OH is 1. The second kappa shape index (κ2) is 18.8. The van der Waals surface area contributed by atoms with E-state index < -0.39 is 45.9 Å². The van der Waals surface area contributed by atoms with E-state index in [1.165, 1.54) is 25.2 Å². The van der Waals surface area contributed by atoms with Crippen LogP contribution in [0.2, 0.25) is 0 Å². The Kier molecular flexibility index (Phi) is 15.4. The van der Waals surface area contributed by atoms with Crippen LogP contribution in [0, 0.1) is 17.8 Å². The number of hydrogen-bond donors (Lipinski definition) is 4. The summed E-state index contributed by atoms with van der Waals surface area (Å²) in [4.78, 5) is 58.1. The van der Waals surface area contributed by atoms with Crippen LogP contribution in [0.25, 0.3) is 0 Å². The van der Waals surface area contributed by atoms with Gasteiger partial charge < -0.3 is 26.0 Å². The molecule has 13 nitrogen and oxygen atoms in total. The van der Waals surface area contributed by atoms with Crippen molar-refractivity contribution in [2.75, 3.05) is 38.2 Å². The third-order valence-electron chi connectivity index (χ3n) is 10.0. The number of nitrogens with one attached hydrogen (secondary N) is 3. The van der Waals surface area contributed by atoms with Crippen LogP contribution in [-0.2, 0) is 19.6 Å². The first-order valence-corrected chi connectivity index (χ1v) is 20.3. The zero-order valence-corrected chi connectivity index (χ0v) is 33.7. The molecule has 1 heterocycles. The van der Waals surface area contributed by atoms with Crippen LogP contribution in [0.3, 0.4) is 0 Å². The van der Waals surface area contributed by atoms with E-state index in [9.17, 15) is 32.7 Å². The molecule has 3 rings (SSSR count). The van der Waals surface area contributed by atoms with E-state index in [1.807, 2.05) is 72.0 Å². The summed E-state index contributed by atoms with van der Waals surface area (Å²) in [6.45, 7) is 12.0. The number of likely N-dealkylation sites (tertiary alicyclic amines) is 1. The van der Waals surface area contributed by atoms with Gasteiger partial charge in [-0.15, -0.1) is 0 Å². The third kappa shape index (κ3) is 12.0.